The number of nitrogens with zero attached hydrogens (tertiary/aromatic N) is 2. The first-order valence-electron chi connectivity index (χ1n) is 9.04. The Balaban J connectivity index is 2.06. The molecular formula is C21H22N2O4. The number of fused-ring (bicyclic) bond motifs is 1. The van der Waals surface area contributed by atoms with Gasteiger partial charge in [0.15, 0.2) is 5.65 Å². The van der Waals surface area contributed by atoms with Crippen molar-refractivity contribution in [2.45, 2.75) is 32.6 Å². The second-order valence-electron chi connectivity index (χ2n) is 6.51. The summed E-state index contributed by atoms with van der Waals surface area (Å²) in [6.07, 6.45) is 3.40. The van der Waals surface area contributed by atoms with Gasteiger partial charge in [-0.25, -0.2) is 4.98 Å². The number of para-hydroxylation sites is 1. The van der Waals surface area contributed by atoms with E-state index in [-0.39, 0.29) is 11.3 Å². The monoisotopic (exact) mass is 366 g/mol. The molecule has 1 atom stereocenters. The SMILES string of the molecule is CCC(CCCc1c(O)c2cccnc2n(-c2ccccc2)c1=O)C(=O)O. The van der Waals surface area contributed by atoms with Crippen molar-refractivity contribution in [1.82, 2.24) is 9.55 Å². The summed E-state index contributed by atoms with van der Waals surface area (Å²) in [5.41, 5.74) is 1.03. The van der Waals surface area contributed by atoms with Crippen LogP contribution in [0.3, 0.4) is 0 Å². The molecule has 0 bridgehead atoms. The summed E-state index contributed by atoms with van der Waals surface area (Å²) >= 11 is 0. The first-order chi connectivity index (χ1) is 13.0. The largest absolute Gasteiger partial charge is 0.507 e. The fourth-order valence-electron chi connectivity index (χ4n) is 3.32. The van der Waals surface area contributed by atoms with Crippen LogP contribution in [-0.2, 0) is 11.2 Å². The Hall–Kier alpha value is -3.15. The van der Waals surface area contributed by atoms with E-state index < -0.39 is 11.9 Å². The van der Waals surface area contributed by atoms with Gasteiger partial charge < -0.3 is 10.2 Å². The van der Waals surface area contributed by atoms with E-state index in [2.05, 4.69) is 4.98 Å². The molecule has 0 fully saturated rings. The molecule has 27 heavy (non-hydrogen) atoms. The number of aromatic nitrogens is 2. The highest BCUT2D eigenvalue weighted by Gasteiger charge is 2.19. The molecule has 2 aromatic heterocycles. The molecule has 0 aliphatic heterocycles. The van der Waals surface area contributed by atoms with Crippen LogP contribution in [-0.4, -0.2) is 25.7 Å². The molecule has 0 amide bonds. The van der Waals surface area contributed by atoms with Gasteiger partial charge in [-0.1, -0.05) is 25.1 Å². The zero-order valence-electron chi connectivity index (χ0n) is 15.1. The van der Waals surface area contributed by atoms with Gasteiger partial charge in [-0.05, 0) is 49.9 Å². The average molecular weight is 366 g/mol. The third kappa shape index (κ3) is 3.69. The minimum Gasteiger partial charge on any atom is -0.507 e. The quantitative estimate of drug-likeness (QED) is 0.667. The van der Waals surface area contributed by atoms with Crippen molar-refractivity contribution < 1.29 is 15.0 Å². The van der Waals surface area contributed by atoms with E-state index >= 15 is 0 Å². The molecule has 0 aliphatic carbocycles. The molecule has 0 spiro atoms. The molecule has 0 radical (unpaired) electrons. The number of aliphatic carboxylic acids is 1. The normalized spacial score (nSPS) is 12.2. The summed E-state index contributed by atoms with van der Waals surface area (Å²) in [6.45, 7) is 1.83. The lowest BCUT2D eigenvalue weighted by Crippen LogP contribution is -2.24. The molecular weight excluding hydrogens is 344 g/mol. The van der Waals surface area contributed by atoms with Crippen LogP contribution in [0.5, 0.6) is 5.75 Å². The Labute approximate surface area is 156 Å². The number of carboxylic acids is 1. The number of rotatable bonds is 7. The lowest BCUT2D eigenvalue weighted by Gasteiger charge is -2.15. The Kier molecular flexibility index (Phi) is 5.54. The summed E-state index contributed by atoms with van der Waals surface area (Å²) < 4.78 is 1.50. The van der Waals surface area contributed by atoms with Crippen molar-refractivity contribution in [2.75, 3.05) is 0 Å². The Morgan fingerprint density at radius 3 is 2.59 bits per heavy atom. The first-order valence-corrected chi connectivity index (χ1v) is 9.04. The van der Waals surface area contributed by atoms with Crippen LogP contribution in [0.1, 0.15) is 31.7 Å². The smallest absolute Gasteiger partial charge is 0.306 e. The van der Waals surface area contributed by atoms with E-state index in [1.54, 1.807) is 18.3 Å². The third-order valence-electron chi connectivity index (χ3n) is 4.84. The molecule has 1 unspecified atom stereocenters. The van der Waals surface area contributed by atoms with Crippen molar-refractivity contribution in [1.29, 1.82) is 0 Å². The highest BCUT2D eigenvalue weighted by molar-refractivity contribution is 5.84. The molecule has 3 aromatic rings. The maximum absolute atomic E-state index is 13.1. The molecule has 2 N–H and O–H groups in total. The number of hydrogen-bond acceptors (Lipinski definition) is 4. The number of carbonyl (C=O) groups is 1. The van der Waals surface area contributed by atoms with E-state index in [1.807, 2.05) is 37.3 Å². The standard InChI is InChI=1S/C21H22N2O4/c1-2-14(21(26)27)8-6-11-17-18(24)16-12-7-13-22-19(16)23(20(17)25)15-9-4-3-5-10-15/h3-5,7,9-10,12-14,24H,2,6,8,11H2,1H3,(H,26,27). The van der Waals surface area contributed by atoms with E-state index in [0.29, 0.717) is 48.0 Å². The number of benzene rings is 1. The summed E-state index contributed by atoms with van der Waals surface area (Å²) in [4.78, 5) is 28.6. The Morgan fingerprint density at radius 2 is 1.93 bits per heavy atom. The van der Waals surface area contributed by atoms with Gasteiger partial charge in [-0.15, -0.1) is 0 Å². The molecule has 0 saturated heterocycles. The molecule has 2 heterocycles. The minimum atomic E-state index is -0.828. The van der Waals surface area contributed by atoms with Gasteiger partial charge in [0, 0.05) is 6.20 Å². The van der Waals surface area contributed by atoms with Crippen LogP contribution in [0.4, 0.5) is 0 Å². The van der Waals surface area contributed by atoms with E-state index in [4.69, 9.17) is 0 Å². The molecule has 0 aliphatic rings. The molecule has 3 rings (SSSR count). The zero-order chi connectivity index (χ0) is 19.4. The van der Waals surface area contributed by atoms with Crippen molar-refractivity contribution in [2.24, 2.45) is 5.92 Å². The number of aromatic hydroxyl groups is 1. The van der Waals surface area contributed by atoms with Gasteiger partial charge in [0.2, 0.25) is 0 Å². The number of hydrogen-bond donors (Lipinski definition) is 2. The fraction of sp³-hybridized carbons (Fsp3) is 0.286. The van der Waals surface area contributed by atoms with Crippen molar-refractivity contribution >= 4 is 17.0 Å². The molecule has 6 nitrogen and oxygen atoms in total. The van der Waals surface area contributed by atoms with Gasteiger partial charge in [-0.2, -0.15) is 0 Å². The number of pyridine rings is 2. The van der Waals surface area contributed by atoms with E-state index in [9.17, 15) is 19.8 Å². The highest BCUT2D eigenvalue weighted by atomic mass is 16.4. The lowest BCUT2D eigenvalue weighted by atomic mass is 9.97. The van der Waals surface area contributed by atoms with Gasteiger partial charge in [-0.3, -0.25) is 14.2 Å². The summed E-state index contributed by atoms with van der Waals surface area (Å²) in [7, 11) is 0. The van der Waals surface area contributed by atoms with E-state index in [1.165, 1.54) is 4.57 Å². The third-order valence-corrected chi connectivity index (χ3v) is 4.84. The highest BCUT2D eigenvalue weighted by Crippen LogP contribution is 2.28. The summed E-state index contributed by atoms with van der Waals surface area (Å²) in [5.74, 6) is -1.34. The minimum absolute atomic E-state index is 0.0707. The molecule has 0 saturated carbocycles. The maximum Gasteiger partial charge on any atom is 0.306 e. The number of carboxylic acid groups (broad SMARTS) is 1. The topological polar surface area (TPSA) is 92.4 Å². The second-order valence-corrected chi connectivity index (χ2v) is 6.51. The van der Waals surface area contributed by atoms with Gasteiger partial charge >= 0.3 is 5.97 Å². The van der Waals surface area contributed by atoms with Crippen LogP contribution < -0.4 is 5.56 Å². The lowest BCUT2D eigenvalue weighted by molar-refractivity contribution is -0.142. The van der Waals surface area contributed by atoms with Crippen LogP contribution in [0.2, 0.25) is 0 Å². The molecule has 6 heteroatoms. The predicted octanol–water partition coefficient (Wildman–Crippen LogP) is 3.52. The van der Waals surface area contributed by atoms with Gasteiger partial charge in [0.1, 0.15) is 5.75 Å². The van der Waals surface area contributed by atoms with Crippen LogP contribution in [0.25, 0.3) is 16.7 Å². The fourth-order valence-corrected chi connectivity index (χ4v) is 3.32. The first kappa shape index (κ1) is 18.6. The summed E-state index contributed by atoms with van der Waals surface area (Å²) in [6, 6.07) is 12.6. The van der Waals surface area contributed by atoms with Crippen LogP contribution >= 0.6 is 0 Å². The Bertz CT molecular complexity index is 1010. The molecule has 1 aromatic carbocycles. The van der Waals surface area contributed by atoms with Crippen molar-refractivity contribution in [3.63, 3.8) is 0 Å². The van der Waals surface area contributed by atoms with Gasteiger partial charge in [0.05, 0.1) is 22.6 Å². The summed E-state index contributed by atoms with van der Waals surface area (Å²) in [5, 5.41) is 20.4. The zero-order valence-corrected chi connectivity index (χ0v) is 15.1. The molecule has 140 valence electrons. The predicted molar refractivity (Wildman–Crippen MR) is 103 cm³/mol. The maximum atomic E-state index is 13.1. The average Bonchev–Trinajstić information content (AvgIpc) is 2.68. The van der Waals surface area contributed by atoms with Crippen LogP contribution in [0, 0.1) is 5.92 Å². The van der Waals surface area contributed by atoms with Crippen molar-refractivity contribution in [3.05, 3.63) is 64.6 Å². The van der Waals surface area contributed by atoms with Crippen molar-refractivity contribution in [3.8, 4) is 11.4 Å². The van der Waals surface area contributed by atoms with Gasteiger partial charge in [0.25, 0.3) is 5.56 Å². The van der Waals surface area contributed by atoms with E-state index in [0.717, 1.165) is 0 Å². The Morgan fingerprint density at radius 1 is 1.19 bits per heavy atom. The second kappa shape index (κ2) is 8.03. The van der Waals surface area contributed by atoms with Crippen LogP contribution in [0.15, 0.2) is 53.5 Å².